The molecule has 1 rings (SSSR count). The zero-order valence-corrected chi connectivity index (χ0v) is 9.59. The summed E-state index contributed by atoms with van der Waals surface area (Å²) in [4.78, 5) is 11.5. The molecule has 0 aliphatic carbocycles. The van der Waals surface area contributed by atoms with E-state index < -0.39 is 0 Å². The van der Waals surface area contributed by atoms with Gasteiger partial charge in [0.15, 0.2) is 5.82 Å². The highest BCUT2D eigenvalue weighted by Gasteiger charge is 2.12. The number of rotatable bonds is 4. The van der Waals surface area contributed by atoms with Crippen molar-refractivity contribution < 1.29 is 4.79 Å². The van der Waals surface area contributed by atoms with Gasteiger partial charge in [0, 0.05) is 11.8 Å². The molecule has 3 N–H and O–H groups in total. The predicted octanol–water partition coefficient (Wildman–Crippen LogP) is 1.08. The van der Waals surface area contributed by atoms with Crippen molar-refractivity contribution in [1.82, 2.24) is 15.5 Å². The van der Waals surface area contributed by atoms with Crippen LogP contribution in [0.15, 0.2) is 6.07 Å². The number of hydrogen-bond acceptors (Lipinski definition) is 3. The summed E-state index contributed by atoms with van der Waals surface area (Å²) < 4.78 is 0. The molecule has 1 amide bonds. The molecule has 1 unspecified atom stereocenters. The van der Waals surface area contributed by atoms with Gasteiger partial charge in [0.2, 0.25) is 5.91 Å². The minimum Gasteiger partial charge on any atom is -0.309 e. The van der Waals surface area contributed by atoms with E-state index in [1.54, 1.807) is 14.0 Å². The minimum absolute atomic E-state index is 0.0840. The van der Waals surface area contributed by atoms with Gasteiger partial charge in [-0.15, -0.1) is 0 Å². The van der Waals surface area contributed by atoms with Gasteiger partial charge in [0.05, 0.1) is 6.04 Å². The van der Waals surface area contributed by atoms with E-state index in [1.807, 2.05) is 6.07 Å². The summed E-state index contributed by atoms with van der Waals surface area (Å²) in [7, 11) is 1.74. The molecule has 1 heterocycles. The van der Waals surface area contributed by atoms with E-state index >= 15 is 0 Å². The molecule has 1 aromatic rings. The Bertz CT molecular complexity index is 332. The van der Waals surface area contributed by atoms with E-state index in [-0.39, 0.29) is 11.9 Å². The van der Waals surface area contributed by atoms with Crippen molar-refractivity contribution in [1.29, 1.82) is 0 Å². The number of likely N-dealkylation sites (N-methyl/N-ethyl adjacent to an activating group) is 1. The summed E-state index contributed by atoms with van der Waals surface area (Å²) in [6, 6.07) is 1.63. The zero-order chi connectivity index (χ0) is 11.4. The van der Waals surface area contributed by atoms with Gasteiger partial charge in [0.1, 0.15) is 0 Å². The molecule has 0 radical (unpaired) electrons. The molecule has 5 nitrogen and oxygen atoms in total. The van der Waals surface area contributed by atoms with Crippen LogP contribution >= 0.6 is 0 Å². The van der Waals surface area contributed by atoms with Crippen LogP contribution in [0.4, 0.5) is 5.82 Å². The second-order valence-corrected chi connectivity index (χ2v) is 3.86. The second-order valence-electron chi connectivity index (χ2n) is 3.86. The Morgan fingerprint density at radius 3 is 2.60 bits per heavy atom. The molecule has 0 fully saturated rings. The fraction of sp³-hybridized carbons (Fsp3) is 0.600. The quantitative estimate of drug-likeness (QED) is 0.696. The first-order valence-electron chi connectivity index (χ1n) is 5.08. The van der Waals surface area contributed by atoms with E-state index in [2.05, 4.69) is 34.7 Å². The highest BCUT2D eigenvalue weighted by Crippen LogP contribution is 2.14. The fourth-order valence-electron chi connectivity index (χ4n) is 1.06. The van der Waals surface area contributed by atoms with E-state index in [9.17, 15) is 4.79 Å². The number of anilines is 1. The zero-order valence-electron chi connectivity index (χ0n) is 9.59. The van der Waals surface area contributed by atoms with Crippen LogP contribution in [0.2, 0.25) is 0 Å². The number of aromatic nitrogens is 2. The standard InChI is InChI=1S/C10H18N4O/c1-6(2)8-5-9(14-13-8)12-10(15)7(3)11-4/h5-7,11H,1-4H3,(H2,12,13,14,15). The van der Waals surface area contributed by atoms with Crippen molar-refractivity contribution in [3.8, 4) is 0 Å². The van der Waals surface area contributed by atoms with Crippen molar-refractivity contribution in [2.45, 2.75) is 32.7 Å². The lowest BCUT2D eigenvalue weighted by Crippen LogP contribution is -2.35. The highest BCUT2D eigenvalue weighted by atomic mass is 16.2. The van der Waals surface area contributed by atoms with Gasteiger partial charge in [-0.05, 0) is 19.9 Å². The molecule has 84 valence electrons. The lowest BCUT2D eigenvalue weighted by molar-refractivity contribution is -0.117. The van der Waals surface area contributed by atoms with Crippen molar-refractivity contribution >= 4 is 11.7 Å². The Balaban J connectivity index is 2.61. The topological polar surface area (TPSA) is 69.8 Å². The van der Waals surface area contributed by atoms with E-state index in [0.717, 1.165) is 5.69 Å². The van der Waals surface area contributed by atoms with E-state index in [0.29, 0.717) is 11.7 Å². The molecule has 0 aliphatic rings. The second kappa shape index (κ2) is 4.93. The molecule has 0 bridgehead atoms. The Hall–Kier alpha value is -1.36. The van der Waals surface area contributed by atoms with Crippen LogP contribution in [-0.2, 0) is 4.79 Å². The number of carbonyl (C=O) groups excluding carboxylic acids is 1. The van der Waals surface area contributed by atoms with Crippen LogP contribution < -0.4 is 10.6 Å². The molecule has 0 aliphatic heterocycles. The van der Waals surface area contributed by atoms with Gasteiger partial charge in [-0.1, -0.05) is 13.8 Å². The number of aromatic amines is 1. The largest absolute Gasteiger partial charge is 0.309 e. The minimum atomic E-state index is -0.218. The van der Waals surface area contributed by atoms with Crippen molar-refractivity contribution in [2.24, 2.45) is 0 Å². The maximum absolute atomic E-state index is 11.5. The Morgan fingerprint density at radius 1 is 1.47 bits per heavy atom. The fourth-order valence-corrected chi connectivity index (χ4v) is 1.06. The number of nitrogens with zero attached hydrogens (tertiary/aromatic N) is 1. The average Bonchev–Trinajstić information content (AvgIpc) is 2.65. The van der Waals surface area contributed by atoms with E-state index in [4.69, 9.17) is 0 Å². The first-order chi connectivity index (χ1) is 7.04. The van der Waals surface area contributed by atoms with Crippen LogP contribution in [0.1, 0.15) is 32.4 Å². The summed E-state index contributed by atoms with van der Waals surface area (Å²) in [6.45, 7) is 5.93. The van der Waals surface area contributed by atoms with Crippen molar-refractivity contribution in [3.63, 3.8) is 0 Å². The lowest BCUT2D eigenvalue weighted by Gasteiger charge is -2.08. The summed E-state index contributed by atoms with van der Waals surface area (Å²) >= 11 is 0. The first-order valence-corrected chi connectivity index (χ1v) is 5.08. The Kier molecular flexibility index (Phi) is 3.85. The van der Waals surface area contributed by atoms with Gasteiger partial charge in [-0.2, -0.15) is 5.10 Å². The maximum Gasteiger partial charge on any atom is 0.242 e. The van der Waals surface area contributed by atoms with Crippen LogP contribution in [0.25, 0.3) is 0 Å². The van der Waals surface area contributed by atoms with Gasteiger partial charge < -0.3 is 10.6 Å². The molecule has 15 heavy (non-hydrogen) atoms. The van der Waals surface area contributed by atoms with E-state index in [1.165, 1.54) is 0 Å². The number of H-pyrrole nitrogens is 1. The third-order valence-electron chi connectivity index (χ3n) is 2.30. The molecule has 5 heteroatoms. The molecular formula is C10H18N4O. The van der Waals surface area contributed by atoms with Gasteiger partial charge in [-0.25, -0.2) is 0 Å². The Morgan fingerprint density at radius 2 is 2.13 bits per heavy atom. The van der Waals surface area contributed by atoms with Crippen LogP contribution in [0.5, 0.6) is 0 Å². The Labute approximate surface area is 89.6 Å². The van der Waals surface area contributed by atoms with Crippen LogP contribution in [-0.4, -0.2) is 29.2 Å². The van der Waals surface area contributed by atoms with Crippen LogP contribution in [0, 0.1) is 0 Å². The third kappa shape index (κ3) is 3.06. The number of carbonyl (C=O) groups is 1. The molecule has 1 atom stereocenters. The summed E-state index contributed by atoms with van der Waals surface area (Å²) in [5.74, 6) is 0.870. The number of nitrogens with one attached hydrogen (secondary N) is 3. The normalized spacial score (nSPS) is 12.9. The van der Waals surface area contributed by atoms with Crippen molar-refractivity contribution in [3.05, 3.63) is 11.8 Å². The molecule has 0 aromatic carbocycles. The summed E-state index contributed by atoms with van der Waals surface area (Å²) in [5.41, 5.74) is 1.02. The predicted molar refractivity (Wildman–Crippen MR) is 59.8 cm³/mol. The lowest BCUT2D eigenvalue weighted by atomic mass is 10.1. The SMILES string of the molecule is CNC(C)C(=O)Nc1cc(C(C)C)[nH]n1. The number of hydrogen-bond donors (Lipinski definition) is 3. The third-order valence-corrected chi connectivity index (χ3v) is 2.30. The molecular weight excluding hydrogens is 192 g/mol. The van der Waals surface area contributed by atoms with Gasteiger partial charge >= 0.3 is 0 Å². The maximum atomic E-state index is 11.5. The summed E-state index contributed by atoms with van der Waals surface area (Å²) in [6.07, 6.45) is 0. The van der Waals surface area contributed by atoms with Gasteiger partial charge in [0.25, 0.3) is 0 Å². The summed E-state index contributed by atoms with van der Waals surface area (Å²) in [5, 5.41) is 12.5. The molecule has 0 spiro atoms. The van der Waals surface area contributed by atoms with Crippen LogP contribution in [0.3, 0.4) is 0 Å². The molecule has 1 aromatic heterocycles. The smallest absolute Gasteiger partial charge is 0.242 e. The average molecular weight is 210 g/mol. The van der Waals surface area contributed by atoms with Crippen molar-refractivity contribution in [2.75, 3.05) is 12.4 Å². The monoisotopic (exact) mass is 210 g/mol. The number of amides is 1. The molecule has 0 saturated heterocycles. The molecule has 0 saturated carbocycles. The highest BCUT2D eigenvalue weighted by molar-refractivity contribution is 5.93. The first kappa shape index (κ1) is 11.7. The van der Waals surface area contributed by atoms with Gasteiger partial charge in [-0.3, -0.25) is 9.89 Å².